The summed E-state index contributed by atoms with van der Waals surface area (Å²) in [5, 5.41) is 4.16. The van der Waals surface area contributed by atoms with E-state index in [0.29, 0.717) is 43.4 Å². The minimum absolute atomic E-state index is 0.0286. The lowest BCUT2D eigenvalue weighted by atomic mass is 9.96. The summed E-state index contributed by atoms with van der Waals surface area (Å²) in [6.07, 6.45) is 4.04. The van der Waals surface area contributed by atoms with E-state index >= 15 is 4.39 Å². The summed E-state index contributed by atoms with van der Waals surface area (Å²) in [5.41, 5.74) is 0.320. The largest absolute Gasteiger partial charge is 0.435 e. The van der Waals surface area contributed by atoms with Gasteiger partial charge in [-0.15, -0.1) is 0 Å². The van der Waals surface area contributed by atoms with Gasteiger partial charge in [0, 0.05) is 50.4 Å². The summed E-state index contributed by atoms with van der Waals surface area (Å²) in [5.74, 6) is -1.29. The molecule has 0 aliphatic carbocycles. The third-order valence-electron chi connectivity index (χ3n) is 6.53. The van der Waals surface area contributed by atoms with E-state index in [1.54, 1.807) is 18.7 Å². The molecule has 1 fully saturated rings. The van der Waals surface area contributed by atoms with Crippen molar-refractivity contribution in [1.29, 1.82) is 0 Å². The Morgan fingerprint density at radius 2 is 1.87 bits per heavy atom. The fourth-order valence-corrected chi connectivity index (χ4v) is 4.43. The normalized spacial score (nSPS) is 14.8. The van der Waals surface area contributed by atoms with Crippen molar-refractivity contribution < 1.29 is 22.8 Å². The van der Waals surface area contributed by atoms with Crippen molar-refractivity contribution in [3.63, 3.8) is 0 Å². The highest BCUT2D eigenvalue weighted by molar-refractivity contribution is 5.94. The van der Waals surface area contributed by atoms with Crippen LogP contribution in [-0.2, 0) is 5.41 Å². The summed E-state index contributed by atoms with van der Waals surface area (Å²) >= 11 is 0. The van der Waals surface area contributed by atoms with Gasteiger partial charge in [0.05, 0.1) is 0 Å². The van der Waals surface area contributed by atoms with Gasteiger partial charge in [0.15, 0.2) is 28.9 Å². The first-order valence-electron chi connectivity index (χ1n) is 12.3. The third kappa shape index (κ3) is 4.77. The Labute approximate surface area is 218 Å². The molecule has 4 heterocycles. The molecule has 5 rings (SSSR count). The van der Waals surface area contributed by atoms with E-state index in [2.05, 4.69) is 20.1 Å². The molecule has 12 heteroatoms. The van der Waals surface area contributed by atoms with Gasteiger partial charge in [-0.05, 0) is 31.0 Å². The molecule has 0 bridgehead atoms. The molecule has 0 atom stereocenters. The Bertz CT molecular complexity index is 1480. The van der Waals surface area contributed by atoms with Gasteiger partial charge < -0.3 is 23.6 Å². The van der Waals surface area contributed by atoms with Crippen LogP contribution in [0.15, 0.2) is 35.2 Å². The van der Waals surface area contributed by atoms with Crippen molar-refractivity contribution in [3.8, 4) is 11.6 Å². The average molecular weight is 526 g/mol. The van der Waals surface area contributed by atoms with Crippen LogP contribution in [0, 0.1) is 11.6 Å². The highest BCUT2D eigenvalue weighted by Gasteiger charge is 2.29. The number of nitrogens with zero attached hydrogens (tertiary/aromatic N) is 7. The molecule has 4 aromatic rings. The Morgan fingerprint density at radius 3 is 2.50 bits per heavy atom. The summed E-state index contributed by atoms with van der Waals surface area (Å²) in [6.45, 7) is 7.36. The van der Waals surface area contributed by atoms with Crippen molar-refractivity contribution in [2.45, 2.75) is 45.1 Å². The minimum atomic E-state index is -0.757. The lowest BCUT2D eigenvalue weighted by molar-refractivity contribution is 0.0827. The number of aromatic nitrogens is 5. The topological polar surface area (TPSA) is 102 Å². The number of halogens is 2. The number of amides is 1. The molecule has 0 unspecified atom stereocenters. The third-order valence-corrected chi connectivity index (χ3v) is 6.53. The van der Waals surface area contributed by atoms with Crippen LogP contribution in [0.3, 0.4) is 0 Å². The predicted molar refractivity (Wildman–Crippen MR) is 135 cm³/mol. The van der Waals surface area contributed by atoms with Gasteiger partial charge in [0.25, 0.3) is 5.91 Å². The molecule has 38 heavy (non-hydrogen) atoms. The molecular weight excluding hydrogens is 496 g/mol. The smallest absolute Gasteiger partial charge is 0.324 e. The van der Waals surface area contributed by atoms with E-state index in [0.717, 1.165) is 6.07 Å². The number of hydrogen-bond donors (Lipinski definition) is 0. The van der Waals surface area contributed by atoms with Gasteiger partial charge in [-0.1, -0.05) is 25.9 Å². The molecular formula is C26H29F2N7O3. The van der Waals surface area contributed by atoms with E-state index in [1.165, 1.54) is 29.6 Å². The van der Waals surface area contributed by atoms with E-state index < -0.39 is 11.6 Å². The van der Waals surface area contributed by atoms with Crippen LogP contribution in [0.1, 0.15) is 55.8 Å². The molecule has 1 aliphatic heterocycles. The SMILES string of the molecule is CN(C)C(=O)c1ccc(Oc2ncnc3c2c(F)cn3C2CCN(c3nc(C(C)(C)C)no3)CC2)c(F)c1. The zero-order valence-electron chi connectivity index (χ0n) is 21.9. The molecule has 1 aliphatic rings. The Hall–Kier alpha value is -4.09. The van der Waals surface area contributed by atoms with Crippen molar-refractivity contribution in [2.75, 3.05) is 32.1 Å². The van der Waals surface area contributed by atoms with Crippen LogP contribution < -0.4 is 9.64 Å². The van der Waals surface area contributed by atoms with Gasteiger partial charge in [-0.3, -0.25) is 4.79 Å². The molecule has 1 saturated heterocycles. The van der Waals surface area contributed by atoms with Crippen molar-refractivity contribution in [1.82, 2.24) is 29.6 Å². The molecule has 10 nitrogen and oxygen atoms in total. The van der Waals surface area contributed by atoms with Crippen LogP contribution >= 0.6 is 0 Å². The molecule has 0 spiro atoms. The number of ether oxygens (including phenoxy) is 1. The van der Waals surface area contributed by atoms with Crippen LogP contribution in [0.2, 0.25) is 0 Å². The zero-order chi connectivity index (χ0) is 27.2. The van der Waals surface area contributed by atoms with Crippen LogP contribution in [-0.4, -0.2) is 62.7 Å². The first-order chi connectivity index (χ1) is 18.0. The molecule has 200 valence electrons. The first kappa shape index (κ1) is 25.6. The van der Waals surface area contributed by atoms with Crippen molar-refractivity contribution >= 4 is 23.0 Å². The molecule has 3 aromatic heterocycles. The summed E-state index contributed by atoms with van der Waals surface area (Å²) in [7, 11) is 3.15. The minimum Gasteiger partial charge on any atom is -0.435 e. The second-order valence-electron chi connectivity index (χ2n) is 10.6. The summed E-state index contributed by atoms with van der Waals surface area (Å²) < 4.78 is 42.8. The van der Waals surface area contributed by atoms with Gasteiger partial charge >= 0.3 is 6.01 Å². The first-order valence-corrected chi connectivity index (χ1v) is 12.3. The van der Waals surface area contributed by atoms with Crippen molar-refractivity contribution in [3.05, 3.63) is 53.7 Å². The molecule has 1 amide bonds. The molecule has 0 radical (unpaired) electrons. The second-order valence-corrected chi connectivity index (χ2v) is 10.6. The molecule has 0 saturated carbocycles. The Morgan fingerprint density at radius 1 is 1.13 bits per heavy atom. The van der Waals surface area contributed by atoms with Gasteiger partial charge in [-0.2, -0.15) is 4.98 Å². The molecule has 1 aromatic carbocycles. The molecule has 0 N–H and O–H groups in total. The quantitative estimate of drug-likeness (QED) is 0.369. The number of fused-ring (bicyclic) bond motifs is 1. The maximum absolute atomic E-state index is 15.2. The van der Waals surface area contributed by atoms with Crippen LogP contribution in [0.25, 0.3) is 11.0 Å². The number of carbonyl (C=O) groups is 1. The predicted octanol–water partition coefficient (Wildman–Crippen LogP) is 4.73. The van der Waals surface area contributed by atoms with E-state index in [-0.39, 0.29) is 39.9 Å². The van der Waals surface area contributed by atoms with Crippen LogP contribution in [0.4, 0.5) is 14.8 Å². The standard InChI is InChI=1S/C26H29F2N7O3/c1-26(2,3)24-31-25(38-32-24)34-10-8-16(9-11-34)35-13-18(28)20-21(35)29-14-30-22(20)37-19-7-6-15(12-17(19)27)23(36)33(4)5/h6-7,12-14,16H,8-11H2,1-5H3. The lowest BCUT2D eigenvalue weighted by Crippen LogP contribution is -2.34. The lowest BCUT2D eigenvalue weighted by Gasteiger charge is -2.31. The monoisotopic (exact) mass is 525 g/mol. The number of anilines is 1. The number of carbonyl (C=O) groups excluding carboxylic acids is 1. The van der Waals surface area contributed by atoms with E-state index in [1.807, 2.05) is 25.7 Å². The maximum atomic E-state index is 15.2. The highest BCUT2D eigenvalue weighted by atomic mass is 19.1. The van der Waals surface area contributed by atoms with E-state index in [4.69, 9.17) is 9.26 Å². The average Bonchev–Trinajstić information content (AvgIpc) is 3.51. The zero-order valence-corrected chi connectivity index (χ0v) is 21.9. The Kier molecular flexibility index (Phi) is 6.49. The summed E-state index contributed by atoms with van der Waals surface area (Å²) in [6, 6.07) is 4.31. The Balaban J connectivity index is 1.35. The number of piperidine rings is 1. The number of benzene rings is 1. The van der Waals surface area contributed by atoms with Gasteiger partial charge in [-0.25, -0.2) is 18.7 Å². The van der Waals surface area contributed by atoms with Gasteiger partial charge in [0.1, 0.15) is 11.7 Å². The number of rotatable bonds is 5. The summed E-state index contributed by atoms with van der Waals surface area (Å²) in [4.78, 5) is 28.4. The fourth-order valence-electron chi connectivity index (χ4n) is 4.43. The van der Waals surface area contributed by atoms with Crippen molar-refractivity contribution in [2.24, 2.45) is 0 Å². The highest BCUT2D eigenvalue weighted by Crippen LogP contribution is 2.35. The fraction of sp³-hybridized carbons (Fsp3) is 0.423. The van der Waals surface area contributed by atoms with Gasteiger partial charge in [0.2, 0.25) is 5.88 Å². The number of hydrogen-bond acceptors (Lipinski definition) is 8. The maximum Gasteiger partial charge on any atom is 0.324 e. The second kappa shape index (κ2) is 9.66. The van der Waals surface area contributed by atoms with E-state index in [9.17, 15) is 9.18 Å². The van der Waals surface area contributed by atoms with Crippen LogP contribution in [0.5, 0.6) is 11.6 Å².